The number of hydrogen-bond acceptors (Lipinski definition) is 4. The zero-order valence-electron chi connectivity index (χ0n) is 10.7. The molecule has 0 aliphatic rings. The largest absolute Gasteiger partial charge is 0.495 e. The van der Waals surface area contributed by atoms with Crippen LogP contribution in [0.1, 0.15) is 19.8 Å². The highest BCUT2D eigenvalue weighted by Crippen LogP contribution is 2.24. The Balaban J connectivity index is 2.27. The standard InChI is InChI=1S/C13H22N2O2/c1-3-8-17-9-4-7-15-11-5-6-12(14)13(10-11)16-2/h5-6,10,15H,3-4,7-9,14H2,1-2H3. The summed E-state index contributed by atoms with van der Waals surface area (Å²) >= 11 is 0. The number of nitrogens with two attached hydrogens (primary N) is 1. The van der Waals surface area contributed by atoms with Crippen molar-refractivity contribution >= 4 is 11.4 Å². The summed E-state index contributed by atoms with van der Waals surface area (Å²) in [7, 11) is 1.62. The Kier molecular flexibility index (Phi) is 6.25. The molecule has 96 valence electrons. The number of benzene rings is 1. The summed E-state index contributed by atoms with van der Waals surface area (Å²) in [6.45, 7) is 4.64. The highest BCUT2D eigenvalue weighted by molar-refractivity contribution is 5.61. The zero-order valence-corrected chi connectivity index (χ0v) is 10.7. The van der Waals surface area contributed by atoms with E-state index in [0.29, 0.717) is 11.4 Å². The van der Waals surface area contributed by atoms with E-state index in [1.54, 1.807) is 7.11 Å². The minimum atomic E-state index is 0.657. The van der Waals surface area contributed by atoms with Crippen LogP contribution < -0.4 is 15.8 Å². The number of methoxy groups -OCH3 is 1. The Labute approximate surface area is 103 Å². The molecule has 3 N–H and O–H groups in total. The Bertz CT molecular complexity index is 329. The first-order chi connectivity index (χ1) is 8.27. The van der Waals surface area contributed by atoms with Gasteiger partial charge in [0.15, 0.2) is 0 Å². The molecule has 1 aromatic carbocycles. The van der Waals surface area contributed by atoms with Gasteiger partial charge < -0.3 is 20.5 Å². The van der Waals surface area contributed by atoms with Gasteiger partial charge in [-0.15, -0.1) is 0 Å². The fraction of sp³-hybridized carbons (Fsp3) is 0.538. The second-order valence-electron chi connectivity index (χ2n) is 3.85. The van der Waals surface area contributed by atoms with Gasteiger partial charge in [-0.1, -0.05) is 6.92 Å². The molecule has 0 fully saturated rings. The molecule has 0 saturated carbocycles. The zero-order chi connectivity index (χ0) is 12.5. The van der Waals surface area contributed by atoms with E-state index in [2.05, 4.69) is 12.2 Å². The average Bonchev–Trinajstić information content (AvgIpc) is 2.35. The average molecular weight is 238 g/mol. The summed E-state index contributed by atoms with van der Waals surface area (Å²) in [5, 5.41) is 3.31. The molecule has 4 nitrogen and oxygen atoms in total. The molecule has 0 radical (unpaired) electrons. The molecule has 0 atom stereocenters. The van der Waals surface area contributed by atoms with Gasteiger partial charge in [0.25, 0.3) is 0 Å². The van der Waals surface area contributed by atoms with Crippen LogP contribution in [-0.4, -0.2) is 26.9 Å². The van der Waals surface area contributed by atoms with E-state index in [9.17, 15) is 0 Å². The minimum Gasteiger partial charge on any atom is -0.495 e. The predicted octanol–water partition coefficient (Wildman–Crippen LogP) is 2.51. The number of hydrogen-bond donors (Lipinski definition) is 2. The van der Waals surface area contributed by atoms with Crippen LogP contribution in [0.5, 0.6) is 5.75 Å². The molecule has 0 aliphatic carbocycles. The Morgan fingerprint density at radius 1 is 1.29 bits per heavy atom. The van der Waals surface area contributed by atoms with Crippen LogP contribution in [-0.2, 0) is 4.74 Å². The fourth-order valence-corrected chi connectivity index (χ4v) is 1.47. The van der Waals surface area contributed by atoms with Crippen molar-refractivity contribution in [3.05, 3.63) is 18.2 Å². The highest BCUT2D eigenvalue weighted by atomic mass is 16.5. The van der Waals surface area contributed by atoms with Crippen LogP contribution in [0.4, 0.5) is 11.4 Å². The van der Waals surface area contributed by atoms with E-state index in [4.69, 9.17) is 15.2 Å². The van der Waals surface area contributed by atoms with Crippen molar-refractivity contribution in [1.82, 2.24) is 0 Å². The van der Waals surface area contributed by atoms with Crippen molar-refractivity contribution in [2.45, 2.75) is 19.8 Å². The highest BCUT2D eigenvalue weighted by Gasteiger charge is 2.00. The van der Waals surface area contributed by atoms with Gasteiger partial charge in [0, 0.05) is 31.5 Å². The quantitative estimate of drug-likeness (QED) is 0.539. The normalized spacial score (nSPS) is 10.2. The van der Waals surface area contributed by atoms with Crippen molar-refractivity contribution in [3.8, 4) is 5.75 Å². The van der Waals surface area contributed by atoms with Crippen molar-refractivity contribution in [2.24, 2.45) is 0 Å². The van der Waals surface area contributed by atoms with Crippen LogP contribution in [0.15, 0.2) is 18.2 Å². The third-order valence-electron chi connectivity index (χ3n) is 2.38. The second-order valence-corrected chi connectivity index (χ2v) is 3.85. The summed E-state index contributed by atoms with van der Waals surface area (Å²) < 4.78 is 10.6. The Morgan fingerprint density at radius 3 is 2.82 bits per heavy atom. The van der Waals surface area contributed by atoms with Crippen LogP contribution in [0, 0.1) is 0 Å². The summed E-state index contributed by atoms with van der Waals surface area (Å²) in [5.74, 6) is 0.706. The van der Waals surface area contributed by atoms with Gasteiger partial charge in [-0.3, -0.25) is 0 Å². The topological polar surface area (TPSA) is 56.5 Å². The van der Waals surface area contributed by atoms with E-state index in [1.165, 1.54) is 0 Å². The lowest BCUT2D eigenvalue weighted by Gasteiger charge is -2.10. The van der Waals surface area contributed by atoms with E-state index in [0.717, 1.165) is 38.3 Å². The van der Waals surface area contributed by atoms with Gasteiger partial charge in [0.1, 0.15) is 5.75 Å². The molecule has 0 saturated heterocycles. The number of rotatable bonds is 8. The van der Waals surface area contributed by atoms with Crippen LogP contribution >= 0.6 is 0 Å². The van der Waals surface area contributed by atoms with Gasteiger partial charge in [-0.05, 0) is 25.0 Å². The summed E-state index contributed by atoms with van der Waals surface area (Å²) in [4.78, 5) is 0. The van der Waals surface area contributed by atoms with Gasteiger partial charge >= 0.3 is 0 Å². The van der Waals surface area contributed by atoms with Crippen molar-refractivity contribution in [3.63, 3.8) is 0 Å². The van der Waals surface area contributed by atoms with Crippen LogP contribution in [0.3, 0.4) is 0 Å². The monoisotopic (exact) mass is 238 g/mol. The third-order valence-corrected chi connectivity index (χ3v) is 2.38. The van der Waals surface area contributed by atoms with E-state index in [1.807, 2.05) is 18.2 Å². The molecule has 0 unspecified atom stereocenters. The molecular weight excluding hydrogens is 216 g/mol. The molecule has 0 amide bonds. The van der Waals surface area contributed by atoms with E-state index >= 15 is 0 Å². The van der Waals surface area contributed by atoms with Gasteiger partial charge in [-0.25, -0.2) is 0 Å². The van der Waals surface area contributed by atoms with Crippen molar-refractivity contribution < 1.29 is 9.47 Å². The fourth-order valence-electron chi connectivity index (χ4n) is 1.47. The lowest BCUT2D eigenvalue weighted by atomic mass is 10.2. The summed E-state index contributed by atoms with van der Waals surface area (Å²) in [6.07, 6.45) is 2.06. The maximum absolute atomic E-state index is 5.74. The van der Waals surface area contributed by atoms with Gasteiger partial charge in [-0.2, -0.15) is 0 Å². The minimum absolute atomic E-state index is 0.657. The molecule has 17 heavy (non-hydrogen) atoms. The lowest BCUT2D eigenvalue weighted by molar-refractivity contribution is 0.134. The van der Waals surface area contributed by atoms with Crippen molar-refractivity contribution in [1.29, 1.82) is 0 Å². The third kappa shape index (κ3) is 4.95. The first kappa shape index (κ1) is 13.6. The molecule has 0 bridgehead atoms. The first-order valence-corrected chi connectivity index (χ1v) is 6.03. The molecule has 0 aromatic heterocycles. The summed E-state index contributed by atoms with van der Waals surface area (Å²) in [5.41, 5.74) is 7.41. The molecule has 4 heteroatoms. The molecule has 1 aromatic rings. The smallest absolute Gasteiger partial charge is 0.143 e. The van der Waals surface area contributed by atoms with E-state index in [-0.39, 0.29) is 0 Å². The molecule has 0 aliphatic heterocycles. The predicted molar refractivity (Wildman–Crippen MR) is 71.6 cm³/mol. The second kappa shape index (κ2) is 7.79. The molecule has 1 rings (SSSR count). The Hall–Kier alpha value is -1.42. The van der Waals surface area contributed by atoms with Gasteiger partial charge in [0.05, 0.1) is 12.8 Å². The number of anilines is 2. The van der Waals surface area contributed by atoms with Gasteiger partial charge in [0.2, 0.25) is 0 Å². The maximum atomic E-state index is 5.74. The SMILES string of the molecule is CCCOCCCNc1ccc(N)c(OC)c1. The lowest BCUT2D eigenvalue weighted by Crippen LogP contribution is -2.06. The molecule has 0 spiro atoms. The van der Waals surface area contributed by atoms with Crippen molar-refractivity contribution in [2.75, 3.05) is 37.9 Å². The maximum Gasteiger partial charge on any atom is 0.143 e. The first-order valence-electron chi connectivity index (χ1n) is 6.03. The summed E-state index contributed by atoms with van der Waals surface area (Å²) in [6, 6.07) is 5.70. The van der Waals surface area contributed by atoms with Crippen LogP contribution in [0.25, 0.3) is 0 Å². The number of nitrogens with one attached hydrogen (secondary N) is 1. The molecular formula is C13H22N2O2. The number of ether oxygens (including phenoxy) is 2. The van der Waals surface area contributed by atoms with E-state index < -0.39 is 0 Å². The Morgan fingerprint density at radius 2 is 2.12 bits per heavy atom. The molecule has 0 heterocycles. The number of nitrogen functional groups attached to an aromatic ring is 1. The van der Waals surface area contributed by atoms with Crippen LogP contribution in [0.2, 0.25) is 0 Å².